The molecule has 0 aliphatic carbocycles. The van der Waals surface area contributed by atoms with Crippen molar-refractivity contribution >= 4 is 0 Å². The van der Waals surface area contributed by atoms with Crippen molar-refractivity contribution in [3.63, 3.8) is 0 Å². The summed E-state index contributed by atoms with van der Waals surface area (Å²) in [7, 11) is 1.71. The predicted octanol–water partition coefficient (Wildman–Crippen LogP) is 3.14. The first-order valence-corrected chi connectivity index (χ1v) is 8.96. The molecule has 0 bridgehead atoms. The molecule has 0 radical (unpaired) electrons. The highest BCUT2D eigenvalue weighted by atomic mass is 16.5. The SMILES string of the molecule is COCCO[C@@H]1CCN(Cc2cc(C)c(C)o2)[C@@H]1Cc1ccncc1. The Labute approximate surface area is 149 Å². The van der Waals surface area contributed by atoms with E-state index >= 15 is 0 Å². The van der Waals surface area contributed by atoms with Crippen molar-refractivity contribution in [1.82, 2.24) is 9.88 Å². The Morgan fingerprint density at radius 1 is 1.24 bits per heavy atom. The lowest BCUT2D eigenvalue weighted by molar-refractivity contribution is -0.00193. The molecule has 0 unspecified atom stereocenters. The third-order valence-electron chi connectivity index (χ3n) is 4.99. The number of furan rings is 1. The maximum absolute atomic E-state index is 6.11. The molecule has 2 aromatic rings. The van der Waals surface area contributed by atoms with Crippen molar-refractivity contribution in [3.05, 3.63) is 53.2 Å². The van der Waals surface area contributed by atoms with Gasteiger partial charge in [-0.3, -0.25) is 9.88 Å². The van der Waals surface area contributed by atoms with Crippen LogP contribution in [0.5, 0.6) is 0 Å². The zero-order chi connectivity index (χ0) is 17.6. The monoisotopic (exact) mass is 344 g/mol. The number of nitrogens with zero attached hydrogens (tertiary/aromatic N) is 2. The first kappa shape index (κ1) is 18.1. The van der Waals surface area contributed by atoms with Crippen molar-refractivity contribution in [3.8, 4) is 0 Å². The van der Waals surface area contributed by atoms with E-state index in [1.807, 2.05) is 19.3 Å². The Bertz CT molecular complexity index is 637. The molecule has 3 heterocycles. The summed E-state index contributed by atoms with van der Waals surface area (Å²) in [4.78, 5) is 6.60. The van der Waals surface area contributed by atoms with Crippen LogP contribution in [0.25, 0.3) is 0 Å². The van der Waals surface area contributed by atoms with Crippen LogP contribution in [-0.4, -0.2) is 48.9 Å². The molecule has 5 heteroatoms. The molecular formula is C20H28N2O3. The Morgan fingerprint density at radius 3 is 2.72 bits per heavy atom. The van der Waals surface area contributed by atoms with E-state index in [4.69, 9.17) is 13.9 Å². The van der Waals surface area contributed by atoms with Gasteiger partial charge in [0.15, 0.2) is 0 Å². The smallest absolute Gasteiger partial charge is 0.118 e. The molecule has 0 spiro atoms. The first-order valence-electron chi connectivity index (χ1n) is 8.96. The van der Waals surface area contributed by atoms with E-state index < -0.39 is 0 Å². The molecule has 0 N–H and O–H groups in total. The number of methoxy groups -OCH3 is 1. The molecule has 1 saturated heterocycles. The summed E-state index contributed by atoms with van der Waals surface area (Å²) in [5, 5.41) is 0. The fourth-order valence-corrected chi connectivity index (χ4v) is 3.51. The van der Waals surface area contributed by atoms with Crippen LogP contribution < -0.4 is 0 Å². The van der Waals surface area contributed by atoms with Crippen molar-refractivity contribution in [2.24, 2.45) is 0 Å². The molecule has 2 aromatic heterocycles. The predicted molar refractivity (Wildman–Crippen MR) is 96.6 cm³/mol. The largest absolute Gasteiger partial charge is 0.465 e. The van der Waals surface area contributed by atoms with Crippen molar-refractivity contribution in [2.45, 2.75) is 45.4 Å². The molecule has 5 nitrogen and oxygen atoms in total. The summed E-state index contributed by atoms with van der Waals surface area (Å²) in [6.45, 7) is 7.24. The van der Waals surface area contributed by atoms with Gasteiger partial charge in [0.05, 0.1) is 25.9 Å². The van der Waals surface area contributed by atoms with Crippen molar-refractivity contribution in [1.29, 1.82) is 0 Å². The summed E-state index contributed by atoms with van der Waals surface area (Å²) in [6.07, 6.45) is 5.93. The second-order valence-corrected chi connectivity index (χ2v) is 6.74. The molecule has 3 rings (SSSR count). The van der Waals surface area contributed by atoms with Gasteiger partial charge in [-0.15, -0.1) is 0 Å². The van der Waals surface area contributed by atoms with Crippen LogP contribution in [0.15, 0.2) is 35.0 Å². The second kappa shape index (κ2) is 8.61. The van der Waals surface area contributed by atoms with Crippen LogP contribution in [0.4, 0.5) is 0 Å². The standard InChI is InChI=1S/C20H28N2O3/c1-15-12-18(25-16(15)2)14-22-9-6-20(24-11-10-23-3)19(22)13-17-4-7-21-8-5-17/h4-5,7-8,12,19-20H,6,9-11,13-14H2,1-3H3/t19-,20-/m1/s1. The highest BCUT2D eigenvalue weighted by Gasteiger charge is 2.35. The van der Waals surface area contributed by atoms with E-state index in [1.54, 1.807) is 7.11 Å². The minimum Gasteiger partial charge on any atom is -0.465 e. The van der Waals surface area contributed by atoms with Crippen LogP contribution in [0, 0.1) is 13.8 Å². The number of aryl methyl sites for hydroxylation is 2. The first-order chi connectivity index (χ1) is 12.2. The fraction of sp³-hybridized carbons (Fsp3) is 0.550. The van der Waals surface area contributed by atoms with Gasteiger partial charge in [-0.05, 0) is 56.0 Å². The van der Waals surface area contributed by atoms with Crippen LogP contribution in [0.3, 0.4) is 0 Å². The zero-order valence-electron chi connectivity index (χ0n) is 15.4. The van der Waals surface area contributed by atoms with E-state index in [-0.39, 0.29) is 6.10 Å². The number of hydrogen-bond donors (Lipinski definition) is 0. The van der Waals surface area contributed by atoms with Crippen LogP contribution in [-0.2, 0) is 22.4 Å². The number of rotatable bonds is 8. The third kappa shape index (κ3) is 4.69. The fourth-order valence-electron chi connectivity index (χ4n) is 3.51. The highest BCUT2D eigenvalue weighted by molar-refractivity contribution is 5.19. The lowest BCUT2D eigenvalue weighted by Gasteiger charge is -2.27. The number of pyridine rings is 1. The van der Waals surface area contributed by atoms with E-state index in [1.165, 1.54) is 11.1 Å². The quantitative estimate of drug-likeness (QED) is 0.689. The maximum Gasteiger partial charge on any atom is 0.118 e. The van der Waals surface area contributed by atoms with Crippen molar-refractivity contribution in [2.75, 3.05) is 26.9 Å². The summed E-state index contributed by atoms with van der Waals surface area (Å²) < 4.78 is 17.1. The normalized spacial score (nSPS) is 21.1. The Morgan fingerprint density at radius 2 is 2.04 bits per heavy atom. The van der Waals surface area contributed by atoms with Gasteiger partial charge in [0.2, 0.25) is 0 Å². The lowest BCUT2D eigenvalue weighted by Crippen LogP contribution is -2.38. The van der Waals surface area contributed by atoms with Crippen LogP contribution >= 0.6 is 0 Å². The molecule has 1 fully saturated rings. The van der Waals surface area contributed by atoms with Crippen LogP contribution in [0.1, 0.15) is 29.1 Å². The average molecular weight is 344 g/mol. The minimum absolute atomic E-state index is 0.223. The molecule has 1 aliphatic rings. The van der Waals surface area contributed by atoms with Gasteiger partial charge in [0.25, 0.3) is 0 Å². The van der Waals surface area contributed by atoms with E-state index in [2.05, 4.69) is 35.0 Å². The topological polar surface area (TPSA) is 47.7 Å². The zero-order valence-corrected chi connectivity index (χ0v) is 15.4. The summed E-state index contributed by atoms with van der Waals surface area (Å²) in [5.41, 5.74) is 2.51. The van der Waals surface area contributed by atoms with Gasteiger partial charge >= 0.3 is 0 Å². The molecule has 136 valence electrons. The van der Waals surface area contributed by atoms with E-state index in [9.17, 15) is 0 Å². The Hall–Kier alpha value is -1.69. The number of hydrogen-bond acceptors (Lipinski definition) is 5. The Balaban J connectivity index is 1.70. The molecule has 1 aliphatic heterocycles. The molecule has 2 atom stereocenters. The molecule has 0 saturated carbocycles. The number of ether oxygens (including phenoxy) is 2. The van der Waals surface area contributed by atoms with Crippen LogP contribution in [0.2, 0.25) is 0 Å². The number of likely N-dealkylation sites (tertiary alicyclic amines) is 1. The van der Waals surface area contributed by atoms with Gasteiger partial charge in [-0.25, -0.2) is 0 Å². The minimum atomic E-state index is 0.223. The molecule has 25 heavy (non-hydrogen) atoms. The van der Waals surface area contributed by atoms with Gasteiger partial charge in [0, 0.05) is 32.1 Å². The molecular weight excluding hydrogens is 316 g/mol. The molecule has 0 amide bonds. The average Bonchev–Trinajstić information content (AvgIpc) is 3.13. The van der Waals surface area contributed by atoms with E-state index in [0.717, 1.165) is 37.5 Å². The lowest BCUT2D eigenvalue weighted by atomic mass is 10.0. The summed E-state index contributed by atoms with van der Waals surface area (Å²) in [5.74, 6) is 2.04. The van der Waals surface area contributed by atoms with Gasteiger partial charge < -0.3 is 13.9 Å². The maximum atomic E-state index is 6.11. The van der Waals surface area contributed by atoms with Gasteiger partial charge in [0.1, 0.15) is 11.5 Å². The Kier molecular flexibility index (Phi) is 6.24. The van der Waals surface area contributed by atoms with E-state index in [0.29, 0.717) is 19.3 Å². The summed E-state index contributed by atoms with van der Waals surface area (Å²) in [6, 6.07) is 6.66. The van der Waals surface area contributed by atoms with Crippen molar-refractivity contribution < 1.29 is 13.9 Å². The van der Waals surface area contributed by atoms with Gasteiger partial charge in [-0.2, -0.15) is 0 Å². The summed E-state index contributed by atoms with van der Waals surface area (Å²) >= 11 is 0. The second-order valence-electron chi connectivity index (χ2n) is 6.74. The third-order valence-corrected chi connectivity index (χ3v) is 4.99. The molecule has 0 aromatic carbocycles. The highest BCUT2D eigenvalue weighted by Crippen LogP contribution is 2.27. The number of aromatic nitrogens is 1. The van der Waals surface area contributed by atoms with Gasteiger partial charge in [-0.1, -0.05) is 0 Å².